The Balaban J connectivity index is 1.66. The second kappa shape index (κ2) is 8.73. The van der Waals surface area contributed by atoms with E-state index in [4.69, 9.17) is 4.74 Å². The van der Waals surface area contributed by atoms with Crippen molar-refractivity contribution in [1.29, 1.82) is 0 Å². The molecule has 0 aromatic heterocycles. The van der Waals surface area contributed by atoms with Crippen molar-refractivity contribution in [3.05, 3.63) is 33.9 Å². The number of unbranched alkanes of at least 4 members (excludes halogenated alkanes) is 1. The summed E-state index contributed by atoms with van der Waals surface area (Å²) < 4.78 is 5.69. The van der Waals surface area contributed by atoms with Crippen molar-refractivity contribution in [2.24, 2.45) is 0 Å². The van der Waals surface area contributed by atoms with Crippen LogP contribution in [0.4, 0.5) is 5.69 Å². The maximum atomic E-state index is 10.8. The Kier molecular flexibility index (Phi) is 6.65. The lowest BCUT2D eigenvalue weighted by atomic mass is 10.2. The number of ether oxygens (including phenoxy) is 1. The number of benzene rings is 1. The second-order valence-electron chi connectivity index (χ2n) is 6.02. The van der Waals surface area contributed by atoms with Crippen molar-refractivity contribution in [3.63, 3.8) is 0 Å². The van der Waals surface area contributed by atoms with E-state index >= 15 is 0 Å². The van der Waals surface area contributed by atoms with Crippen molar-refractivity contribution in [2.45, 2.75) is 45.4 Å². The molecule has 5 nitrogen and oxygen atoms in total. The van der Waals surface area contributed by atoms with Gasteiger partial charge >= 0.3 is 0 Å². The van der Waals surface area contributed by atoms with Crippen LogP contribution in [-0.2, 0) is 0 Å². The summed E-state index contributed by atoms with van der Waals surface area (Å²) in [6.07, 6.45) is 7.58. The number of nitro benzene ring substituents is 1. The van der Waals surface area contributed by atoms with Crippen LogP contribution in [-0.4, -0.2) is 36.1 Å². The van der Waals surface area contributed by atoms with Crippen LogP contribution in [0.2, 0.25) is 0 Å². The van der Waals surface area contributed by atoms with E-state index in [1.807, 2.05) is 0 Å². The molecule has 22 heavy (non-hydrogen) atoms. The SMILES string of the molecule is Cc1cc(OCCCCN2CCCCCC2)ccc1[N+](=O)[O-]. The molecule has 0 unspecified atom stereocenters. The highest BCUT2D eigenvalue weighted by Crippen LogP contribution is 2.23. The Morgan fingerprint density at radius 3 is 2.55 bits per heavy atom. The van der Waals surface area contributed by atoms with Gasteiger partial charge in [-0.25, -0.2) is 0 Å². The summed E-state index contributed by atoms with van der Waals surface area (Å²) in [6.45, 7) is 6.04. The van der Waals surface area contributed by atoms with E-state index in [2.05, 4.69) is 4.90 Å². The van der Waals surface area contributed by atoms with Crippen molar-refractivity contribution in [3.8, 4) is 5.75 Å². The zero-order valence-corrected chi connectivity index (χ0v) is 13.4. The fraction of sp³-hybridized carbons (Fsp3) is 0.647. The van der Waals surface area contributed by atoms with E-state index < -0.39 is 0 Å². The van der Waals surface area contributed by atoms with Gasteiger partial charge in [0.1, 0.15) is 5.75 Å². The molecule has 0 aliphatic carbocycles. The number of hydrogen-bond acceptors (Lipinski definition) is 4. The molecule has 0 bridgehead atoms. The molecular weight excluding hydrogens is 280 g/mol. The van der Waals surface area contributed by atoms with Gasteiger partial charge in [-0.3, -0.25) is 10.1 Å². The Bertz CT molecular complexity index is 483. The smallest absolute Gasteiger partial charge is 0.272 e. The lowest BCUT2D eigenvalue weighted by Gasteiger charge is -2.19. The van der Waals surface area contributed by atoms with E-state index in [-0.39, 0.29) is 10.6 Å². The van der Waals surface area contributed by atoms with Gasteiger partial charge in [-0.1, -0.05) is 12.8 Å². The number of aryl methyl sites for hydroxylation is 1. The van der Waals surface area contributed by atoms with Gasteiger partial charge in [-0.05, 0) is 64.4 Å². The molecule has 1 aliphatic heterocycles. The molecule has 1 aromatic carbocycles. The molecule has 5 heteroatoms. The van der Waals surface area contributed by atoms with Gasteiger partial charge in [0.25, 0.3) is 5.69 Å². The van der Waals surface area contributed by atoms with Gasteiger partial charge in [0, 0.05) is 11.6 Å². The van der Waals surface area contributed by atoms with Gasteiger partial charge in [0.15, 0.2) is 0 Å². The summed E-state index contributed by atoms with van der Waals surface area (Å²) >= 11 is 0. The molecule has 2 rings (SSSR count). The van der Waals surface area contributed by atoms with Crippen LogP contribution in [0.25, 0.3) is 0 Å². The zero-order chi connectivity index (χ0) is 15.8. The molecule has 0 spiro atoms. The number of likely N-dealkylation sites (tertiary alicyclic amines) is 1. The first-order valence-corrected chi connectivity index (χ1v) is 8.27. The second-order valence-corrected chi connectivity index (χ2v) is 6.02. The topological polar surface area (TPSA) is 55.6 Å². The first-order valence-electron chi connectivity index (χ1n) is 8.27. The minimum atomic E-state index is -0.361. The lowest BCUT2D eigenvalue weighted by molar-refractivity contribution is -0.385. The molecule has 1 aromatic rings. The van der Waals surface area contributed by atoms with E-state index in [0.717, 1.165) is 25.1 Å². The van der Waals surface area contributed by atoms with Crippen LogP contribution in [0, 0.1) is 17.0 Å². The van der Waals surface area contributed by atoms with Crippen molar-refractivity contribution in [1.82, 2.24) is 4.90 Å². The Morgan fingerprint density at radius 1 is 1.18 bits per heavy atom. The highest BCUT2D eigenvalue weighted by atomic mass is 16.6. The van der Waals surface area contributed by atoms with Gasteiger partial charge in [-0.15, -0.1) is 0 Å². The monoisotopic (exact) mass is 306 g/mol. The maximum Gasteiger partial charge on any atom is 0.272 e. The van der Waals surface area contributed by atoms with E-state index in [0.29, 0.717) is 12.2 Å². The Hall–Kier alpha value is -1.62. The van der Waals surface area contributed by atoms with Crippen LogP contribution in [0.3, 0.4) is 0 Å². The lowest BCUT2D eigenvalue weighted by Crippen LogP contribution is -2.25. The Morgan fingerprint density at radius 2 is 1.91 bits per heavy atom. The highest BCUT2D eigenvalue weighted by Gasteiger charge is 2.11. The number of hydrogen-bond donors (Lipinski definition) is 0. The molecule has 0 atom stereocenters. The van der Waals surface area contributed by atoms with Gasteiger partial charge in [0.05, 0.1) is 11.5 Å². The minimum absolute atomic E-state index is 0.147. The van der Waals surface area contributed by atoms with Gasteiger partial charge < -0.3 is 9.64 Å². The summed E-state index contributed by atoms with van der Waals surface area (Å²) in [5.41, 5.74) is 0.792. The largest absolute Gasteiger partial charge is 0.494 e. The van der Waals surface area contributed by atoms with Crippen LogP contribution in [0.15, 0.2) is 18.2 Å². The minimum Gasteiger partial charge on any atom is -0.494 e. The highest BCUT2D eigenvalue weighted by molar-refractivity contribution is 5.44. The average Bonchev–Trinajstić information content (AvgIpc) is 2.75. The molecular formula is C17H26N2O3. The molecule has 0 amide bonds. The zero-order valence-electron chi connectivity index (χ0n) is 13.4. The molecule has 1 saturated heterocycles. The van der Waals surface area contributed by atoms with Gasteiger partial charge in [-0.2, -0.15) is 0 Å². The van der Waals surface area contributed by atoms with Crippen LogP contribution in [0.5, 0.6) is 5.75 Å². The summed E-state index contributed by atoms with van der Waals surface area (Å²) in [7, 11) is 0. The number of nitrogens with zero attached hydrogens (tertiary/aromatic N) is 2. The van der Waals surface area contributed by atoms with E-state index in [1.54, 1.807) is 19.1 Å². The molecule has 0 saturated carbocycles. The van der Waals surface area contributed by atoms with Crippen LogP contribution >= 0.6 is 0 Å². The standard InChI is InChI=1S/C17H26N2O3/c1-15-14-16(8-9-17(15)19(20)21)22-13-7-6-12-18-10-4-2-3-5-11-18/h8-9,14H,2-7,10-13H2,1H3. The molecule has 122 valence electrons. The quantitative estimate of drug-likeness (QED) is 0.435. The number of rotatable bonds is 7. The molecule has 1 aliphatic rings. The third kappa shape index (κ3) is 5.30. The fourth-order valence-electron chi connectivity index (χ4n) is 2.91. The summed E-state index contributed by atoms with van der Waals surface area (Å²) in [5, 5.41) is 10.8. The third-order valence-corrected chi connectivity index (χ3v) is 4.20. The van der Waals surface area contributed by atoms with Crippen molar-refractivity contribution in [2.75, 3.05) is 26.2 Å². The van der Waals surface area contributed by atoms with Crippen molar-refractivity contribution < 1.29 is 9.66 Å². The molecule has 0 N–H and O–H groups in total. The normalized spacial score (nSPS) is 16.2. The molecule has 0 radical (unpaired) electrons. The fourth-order valence-corrected chi connectivity index (χ4v) is 2.91. The third-order valence-electron chi connectivity index (χ3n) is 4.20. The Labute approximate surface area is 132 Å². The van der Waals surface area contributed by atoms with Crippen LogP contribution < -0.4 is 4.74 Å². The predicted molar refractivity (Wildman–Crippen MR) is 87.5 cm³/mol. The van der Waals surface area contributed by atoms with Crippen LogP contribution in [0.1, 0.15) is 44.1 Å². The predicted octanol–water partition coefficient (Wildman–Crippen LogP) is 3.94. The summed E-state index contributed by atoms with van der Waals surface area (Å²) in [5.74, 6) is 0.720. The molecule has 1 fully saturated rings. The first-order chi connectivity index (χ1) is 10.7. The molecule has 1 heterocycles. The summed E-state index contributed by atoms with van der Waals surface area (Å²) in [6, 6.07) is 4.94. The average molecular weight is 306 g/mol. The van der Waals surface area contributed by atoms with Gasteiger partial charge in [0.2, 0.25) is 0 Å². The first kappa shape index (κ1) is 16.7. The van der Waals surface area contributed by atoms with E-state index in [9.17, 15) is 10.1 Å². The number of nitro groups is 1. The summed E-state index contributed by atoms with van der Waals surface area (Å²) in [4.78, 5) is 13.0. The van der Waals surface area contributed by atoms with E-state index in [1.165, 1.54) is 44.8 Å². The maximum absolute atomic E-state index is 10.8. The van der Waals surface area contributed by atoms with Crippen molar-refractivity contribution >= 4 is 5.69 Å².